The third kappa shape index (κ3) is 4.01. The Morgan fingerprint density at radius 2 is 1.25 bits per heavy atom. The van der Waals surface area contributed by atoms with E-state index in [1.807, 2.05) is 0 Å². The van der Waals surface area contributed by atoms with Crippen molar-refractivity contribution in [3.63, 3.8) is 0 Å². The largest absolute Gasteiger partial charge is 0.412 e. The fourth-order valence-electron chi connectivity index (χ4n) is 2.57. The van der Waals surface area contributed by atoms with E-state index in [0.29, 0.717) is 0 Å². The van der Waals surface area contributed by atoms with Crippen LogP contribution in [0, 0.1) is 0 Å². The molecular weight excluding hydrogens is 336 g/mol. The van der Waals surface area contributed by atoms with Crippen LogP contribution in [-0.4, -0.2) is 121 Å². The van der Waals surface area contributed by atoms with Gasteiger partial charge in [-0.05, 0) is 0 Å². The van der Waals surface area contributed by atoms with Crippen molar-refractivity contribution in [1.29, 1.82) is 0 Å². The van der Waals surface area contributed by atoms with E-state index in [-0.39, 0.29) is 5.48 Å². The predicted molar refractivity (Wildman–Crippen MR) is 72.2 cm³/mol. The molecule has 2 aliphatic heterocycles. The van der Waals surface area contributed by atoms with Crippen molar-refractivity contribution in [3.8, 4) is 0 Å². The van der Waals surface area contributed by atoms with Gasteiger partial charge in [-0.1, -0.05) is 0 Å². The van der Waals surface area contributed by atoms with Gasteiger partial charge in [0.05, 0.1) is 13.2 Å². The highest BCUT2D eigenvalue weighted by Crippen LogP contribution is 2.28. The maximum absolute atomic E-state index is 9.94. The highest BCUT2D eigenvalue weighted by atomic mass is 16.7. The summed E-state index contributed by atoms with van der Waals surface area (Å²) in [6.07, 6.45) is -15.6. The average molecular weight is 360 g/mol. The summed E-state index contributed by atoms with van der Waals surface area (Å²) in [6, 6.07) is 0. The maximum Gasteiger partial charge on any atom is 0.187 e. The first kappa shape index (κ1) is 21.6. The van der Waals surface area contributed by atoms with Gasteiger partial charge in [0, 0.05) is 0 Å². The zero-order chi connectivity index (χ0) is 17.3. The number of aliphatic hydroxyl groups is 8. The third-order valence-corrected chi connectivity index (χ3v) is 3.98. The molecule has 0 saturated carbocycles. The summed E-state index contributed by atoms with van der Waals surface area (Å²) in [4.78, 5) is 0. The molecule has 12 heteroatoms. The normalized spacial score (nSPS) is 49.5. The Hall–Kier alpha value is -0.480. The van der Waals surface area contributed by atoms with E-state index in [1.165, 1.54) is 0 Å². The van der Waals surface area contributed by atoms with Crippen LogP contribution in [0.5, 0.6) is 0 Å². The molecule has 0 bridgehead atoms. The molecule has 2 fully saturated rings. The lowest BCUT2D eigenvalue weighted by molar-refractivity contribution is -0.355. The summed E-state index contributed by atoms with van der Waals surface area (Å²) in [5.41, 5.74) is 0. The van der Waals surface area contributed by atoms with Crippen molar-refractivity contribution in [1.82, 2.24) is 0 Å². The molecule has 10 N–H and O–H groups in total. The van der Waals surface area contributed by atoms with E-state index in [4.69, 9.17) is 19.3 Å². The fourth-order valence-corrected chi connectivity index (χ4v) is 2.57. The van der Waals surface area contributed by atoms with Gasteiger partial charge >= 0.3 is 0 Å². The summed E-state index contributed by atoms with van der Waals surface area (Å²) in [5, 5.41) is 76.5. The highest BCUT2D eigenvalue weighted by Gasteiger charge is 2.50. The van der Waals surface area contributed by atoms with Crippen molar-refractivity contribution in [3.05, 3.63) is 0 Å². The summed E-state index contributed by atoms with van der Waals surface area (Å²) >= 11 is 0. The first-order valence-corrected chi connectivity index (χ1v) is 7.08. The van der Waals surface area contributed by atoms with Gasteiger partial charge in [0.15, 0.2) is 12.6 Å². The molecule has 0 aromatic rings. The molecule has 2 heterocycles. The molecule has 144 valence electrons. The van der Waals surface area contributed by atoms with Gasteiger partial charge in [0.1, 0.15) is 48.8 Å². The third-order valence-electron chi connectivity index (χ3n) is 3.98. The van der Waals surface area contributed by atoms with Crippen LogP contribution in [0.3, 0.4) is 0 Å². The van der Waals surface area contributed by atoms with Gasteiger partial charge in [-0.15, -0.1) is 0 Å². The highest BCUT2D eigenvalue weighted by molar-refractivity contribution is 4.93. The molecule has 2 rings (SSSR count). The fraction of sp³-hybridized carbons (Fsp3) is 1.00. The van der Waals surface area contributed by atoms with Crippen LogP contribution in [0.1, 0.15) is 0 Å². The zero-order valence-corrected chi connectivity index (χ0v) is 12.5. The molecule has 0 aliphatic carbocycles. The number of rotatable bonds is 4. The zero-order valence-electron chi connectivity index (χ0n) is 12.5. The monoisotopic (exact) mass is 360 g/mol. The first-order valence-electron chi connectivity index (χ1n) is 7.08. The smallest absolute Gasteiger partial charge is 0.187 e. The molecule has 0 amide bonds. The molecule has 0 spiro atoms. The molecule has 10 atom stereocenters. The van der Waals surface area contributed by atoms with E-state index >= 15 is 0 Å². The van der Waals surface area contributed by atoms with E-state index in [9.17, 15) is 35.7 Å². The van der Waals surface area contributed by atoms with Crippen molar-refractivity contribution in [2.24, 2.45) is 0 Å². The van der Waals surface area contributed by atoms with Crippen LogP contribution >= 0.6 is 0 Å². The molecule has 2 aliphatic rings. The van der Waals surface area contributed by atoms with Crippen LogP contribution in [0.2, 0.25) is 0 Å². The lowest BCUT2D eigenvalue weighted by atomic mass is 9.97. The standard InChI is InChI=1S/C12H22O11.H2O/c13-1-3-5(15)6(16)9(19)12(22-3)23-10-4(2-14)21-11(20)8(18)7(10)17;/h3-20H,1-2H2;1H2/t3-,4-,5+,6+,7-,8+,9-,10-,11+,12+;/m1./s1. The Morgan fingerprint density at radius 3 is 1.79 bits per heavy atom. The van der Waals surface area contributed by atoms with Crippen LogP contribution in [0.15, 0.2) is 0 Å². The second-order valence-corrected chi connectivity index (χ2v) is 5.53. The summed E-state index contributed by atoms with van der Waals surface area (Å²) < 4.78 is 15.3. The Kier molecular flexibility index (Phi) is 7.86. The van der Waals surface area contributed by atoms with Gasteiger partial charge in [0.25, 0.3) is 0 Å². The van der Waals surface area contributed by atoms with E-state index in [0.717, 1.165) is 0 Å². The van der Waals surface area contributed by atoms with Gasteiger partial charge in [-0.2, -0.15) is 0 Å². The Balaban J connectivity index is 0.00000288. The van der Waals surface area contributed by atoms with Crippen molar-refractivity contribution >= 4 is 0 Å². The van der Waals surface area contributed by atoms with Crippen LogP contribution in [-0.2, 0) is 14.2 Å². The molecule has 0 unspecified atom stereocenters. The average Bonchev–Trinajstić information content (AvgIpc) is 2.55. The topological polar surface area (TPSA) is 221 Å². The second kappa shape index (κ2) is 8.75. The Morgan fingerprint density at radius 1 is 0.667 bits per heavy atom. The summed E-state index contributed by atoms with van der Waals surface area (Å²) in [6.45, 7) is -1.35. The van der Waals surface area contributed by atoms with Crippen molar-refractivity contribution in [2.45, 2.75) is 61.4 Å². The van der Waals surface area contributed by atoms with Crippen LogP contribution < -0.4 is 0 Å². The lowest BCUT2D eigenvalue weighted by Gasteiger charge is -2.45. The maximum atomic E-state index is 9.94. The summed E-state index contributed by atoms with van der Waals surface area (Å²) in [5.74, 6) is 0. The van der Waals surface area contributed by atoms with Crippen molar-refractivity contribution < 1.29 is 60.5 Å². The number of aliphatic hydroxyl groups excluding tert-OH is 8. The molecule has 24 heavy (non-hydrogen) atoms. The van der Waals surface area contributed by atoms with Gasteiger partial charge in [0.2, 0.25) is 0 Å². The van der Waals surface area contributed by atoms with Gasteiger partial charge in [-0.3, -0.25) is 0 Å². The van der Waals surface area contributed by atoms with Crippen LogP contribution in [0.25, 0.3) is 0 Å². The molecular formula is C12H24O12. The number of hydrogen-bond donors (Lipinski definition) is 8. The van der Waals surface area contributed by atoms with Crippen molar-refractivity contribution in [2.75, 3.05) is 13.2 Å². The lowest BCUT2D eigenvalue weighted by Crippen LogP contribution is -2.64. The predicted octanol–water partition coefficient (Wildman–Crippen LogP) is -6.22. The minimum atomic E-state index is -1.74. The van der Waals surface area contributed by atoms with E-state index in [1.54, 1.807) is 0 Å². The quantitative estimate of drug-likeness (QED) is 0.235. The van der Waals surface area contributed by atoms with Gasteiger partial charge in [-0.25, -0.2) is 0 Å². The number of ether oxygens (including phenoxy) is 3. The summed E-state index contributed by atoms with van der Waals surface area (Å²) in [7, 11) is 0. The minimum absolute atomic E-state index is 0. The first-order chi connectivity index (χ1) is 10.8. The number of hydrogen-bond acceptors (Lipinski definition) is 11. The Labute approximate surface area is 136 Å². The molecule has 0 aromatic carbocycles. The van der Waals surface area contributed by atoms with Crippen LogP contribution in [0.4, 0.5) is 0 Å². The molecule has 2 saturated heterocycles. The van der Waals surface area contributed by atoms with Gasteiger partial charge < -0.3 is 60.5 Å². The Bertz CT molecular complexity index is 379. The second-order valence-electron chi connectivity index (χ2n) is 5.53. The SMILES string of the molecule is O.OC[C@H]1O[C@@H](O[C@H]2[C@H](O)[C@H](O)[C@@H](O)O[C@@H]2CO)[C@H](O)[C@@H](O)[C@H]1O. The van der Waals surface area contributed by atoms with E-state index < -0.39 is 74.6 Å². The van der Waals surface area contributed by atoms with E-state index in [2.05, 4.69) is 0 Å². The minimum Gasteiger partial charge on any atom is -0.412 e. The molecule has 0 radical (unpaired) electrons. The molecule has 0 aromatic heterocycles. The molecule has 12 nitrogen and oxygen atoms in total.